The molecule has 1 unspecified atom stereocenters. The average Bonchev–Trinajstić information content (AvgIpc) is 2.69. The highest BCUT2D eigenvalue weighted by atomic mass is 16.5. The van der Waals surface area contributed by atoms with Gasteiger partial charge in [-0.2, -0.15) is 0 Å². The molecule has 2 N–H and O–H groups in total. The fourth-order valence-electron chi connectivity index (χ4n) is 3.14. The number of nitrogens with zero attached hydrogens (tertiary/aromatic N) is 1. The van der Waals surface area contributed by atoms with E-state index in [0.29, 0.717) is 19.2 Å². The molecule has 0 bridgehead atoms. The fourth-order valence-corrected chi connectivity index (χ4v) is 3.14. The van der Waals surface area contributed by atoms with E-state index in [2.05, 4.69) is 59.7 Å². The van der Waals surface area contributed by atoms with Gasteiger partial charge in [-0.3, -0.25) is 0 Å². The van der Waals surface area contributed by atoms with Crippen LogP contribution in [-0.4, -0.2) is 55.9 Å². The Morgan fingerprint density at radius 3 is 2.30 bits per heavy atom. The van der Waals surface area contributed by atoms with Crippen molar-refractivity contribution in [3.63, 3.8) is 0 Å². The van der Waals surface area contributed by atoms with E-state index < -0.39 is 0 Å². The van der Waals surface area contributed by atoms with E-state index in [1.54, 1.807) is 0 Å². The van der Waals surface area contributed by atoms with Gasteiger partial charge < -0.3 is 20.1 Å². The van der Waals surface area contributed by atoms with Crippen molar-refractivity contribution >= 4 is 0 Å². The van der Waals surface area contributed by atoms with Crippen LogP contribution in [0.4, 0.5) is 0 Å². The zero-order valence-corrected chi connectivity index (χ0v) is 16.5. The van der Waals surface area contributed by atoms with Crippen molar-refractivity contribution in [1.29, 1.82) is 0 Å². The van der Waals surface area contributed by atoms with Crippen LogP contribution in [0.1, 0.15) is 24.0 Å². The Morgan fingerprint density at radius 1 is 0.963 bits per heavy atom. The lowest BCUT2D eigenvalue weighted by Crippen LogP contribution is -2.42. The summed E-state index contributed by atoms with van der Waals surface area (Å²) in [4.78, 5) is 2.18. The average molecular weight is 371 g/mol. The van der Waals surface area contributed by atoms with Gasteiger partial charge in [-0.15, -0.1) is 0 Å². The molecule has 4 nitrogen and oxygen atoms in total. The molecule has 0 saturated carbocycles. The number of benzene rings is 2. The number of aliphatic hydroxyl groups is 1. The van der Waals surface area contributed by atoms with Crippen LogP contribution in [0.25, 0.3) is 0 Å². The van der Waals surface area contributed by atoms with Gasteiger partial charge in [-0.25, -0.2) is 0 Å². The van der Waals surface area contributed by atoms with E-state index in [4.69, 9.17) is 9.84 Å². The zero-order chi connectivity index (χ0) is 19.2. The van der Waals surface area contributed by atoms with Gasteiger partial charge in [-0.1, -0.05) is 60.7 Å². The molecular weight excluding hydrogens is 336 g/mol. The lowest BCUT2D eigenvalue weighted by molar-refractivity contribution is 0.117. The normalized spacial score (nSPS) is 12.4. The van der Waals surface area contributed by atoms with E-state index in [9.17, 15) is 0 Å². The first-order valence-corrected chi connectivity index (χ1v) is 9.96. The van der Waals surface area contributed by atoms with E-state index in [-0.39, 0.29) is 6.61 Å². The Bertz CT molecular complexity index is 592. The lowest BCUT2D eigenvalue weighted by Gasteiger charge is -2.25. The van der Waals surface area contributed by atoms with Gasteiger partial charge >= 0.3 is 0 Å². The number of rotatable bonds is 14. The van der Waals surface area contributed by atoms with Crippen LogP contribution < -0.4 is 5.32 Å². The molecule has 27 heavy (non-hydrogen) atoms. The minimum absolute atomic E-state index is 0.202. The number of unbranched alkanes of at least 4 members (excludes halogenated alkanes) is 1. The Kier molecular flexibility index (Phi) is 10.7. The van der Waals surface area contributed by atoms with Gasteiger partial charge in [0.15, 0.2) is 0 Å². The summed E-state index contributed by atoms with van der Waals surface area (Å²) in [6, 6.07) is 21.3. The van der Waals surface area contributed by atoms with Crippen LogP contribution in [0.3, 0.4) is 0 Å². The van der Waals surface area contributed by atoms with E-state index >= 15 is 0 Å². The van der Waals surface area contributed by atoms with Crippen molar-refractivity contribution in [1.82, 2.24) is 10.2 Å². The minimum Gasteiger partial charge on any atom is -0.395 e. The largest absolute Gasteiger partial charge is 0.395 e. The maximum atomic E-state index is 9.14. The summed E-state index contributed by atoms with van der Waals surface area (Å²) >= 11 is 0. The molecule has 0 aliphatic rings. The molecule has 0 spiro atoms. The number of nitrogens with one attached hydrogen (secondary N) is 1. The first-order valence-electron chi connectivity index (χ1n) is 9.96. The quantitative estimate of drug-likeness (QED) is 0.502. The van der Waals surface area contributed by atoms with Gasteiger partial charge in [-0.05, 0) is 44.0 Å². The molecular formula is C23H34N2O2. The van der Waals surface area contributed by atoms with Gasteiger partial charge in [0.25, 0.3) is 0 Å². The van der Waals surface area contributed by atoms with Crippen LogP contribution in [0, 0.1) is 0 Å². The van der Waals surface area contributed by atoms with E-state index in [0.717, 1.165) is 39.0 Å². The Balaban J connectivity index is 1.64. The molecule has 4 heteroatoms. The molecule has 0 aliphatic carbocycles. The molecule has 1 atom stereocenters. The summed E-state index contributed by atoms with van der Waals surface area (Å²) in [5.41, 5.74) is 2.57. The van der Waals surface area contributed by atoms with Crippen molar-refractivity contribution in [3.8, 4) is 0 Å². The van der Waals surface area contributed by atoms with E-state index in [1.165, 1.54) is 11.1 Å². The SMILES string of the molecule is CN(CCO)CC(Cc1ccccc1)NCCCCOCc1ccccc1. The van der Waals surface area contributed by atoms with Crippen molar-refractivity contribution in [2.75, 3.05) is 39.9 Å². The summed E-state index contributed by atoms with van der Waals surface area (Å²) in [6.45, 7) is 4.31. The molecule has 2 rings (SSSR count). The molecule has 0 amide bonds. The summed E-state index contributed by atoms with van der Waals surface area (Å²) in [6.07, 6.45) is 3.16. The zero-order valence-electron chi connectivity index (χ0n) is 16.5. The highest BCUT2D eigenvalue weighted by Crippen LogP contribution is 2.05. The van der Waals surface area contributed by atoms with Crippen molar-refractivity contribution in [2.24, 2.45) is 0 Å². The fraction of sp³-hybridized carbons (Fsp3) is 0.478. The number of aliphatic hydroxyl groups excluding tert-OH is 1. The Hall–Kier alpha value is -1.72. The van der Waals surface area contributed by atoms with Gasteiger partial charge in [0, 0.05) is 25.7 Å². The van der Waals surface area contributed by atoms with Gasteiger partial charge in [0.1, 0.15) is 0 Å². The highest BCUT2D eigenvalue weighted by Gasteiger charge is 2.11. The third-order valence-corrected chi connectivity index (χ3v) is 4.60. The van der Waals surface area contributed by atoms with Crippen LogP contribution >= 0.6 is 0 Å². The lowest BCUT2D eigenvalue weighted by atomic mass is 10.1. The van der Waals surface area contributed by atoms with Crippen molar-refractivity contribution in [3.05, 3.63) is 71.8 Å². The molecule has 0 aliphatic heterocycles. The van der Waals surface area contributed by atoms with Crippen LogP contribution in [0.5, 0.6) is 0 Å². The topological polar surface area (TPSA) is 44.7 Å². The first-order chi connectivity index (χ1) is 13.3. The molecule has 0 radical (unpaired) electrons. The summed E-state index contributed by atoms with van der Waals surface area (Å²) in [5.74, 6) is 0. The second-order valence-electron chi connectivity index (χ2n) is 7.07. The molecule has 0 heterocycles. The predicted molar refractivity (Wildman–Crippen MR) is 112 cm³/mol. The number of ether oxygens (including phenoxy) is 1. The molecule has 2 aromatic rings. The summed E-state index contributed by atoms with van der Waals surface area (Å²) < 4.78 is 5.76. The number of likely N-dealkylation sites (N-methyl/N-ethyl adjacent to an activating group) is 1. The maximum absolute atomic E-state index is 9.14. The predicted octanol–water partition coefficient (Wildman–Crippen LogP) is 3.11. The summed E-state index contributed by atoms with van der Waals surface area (Å²) in [7, 11) is 2.06. The monoisotopic (exact) mass is 370 g/mol. The summed E-state index contributed by atoms with van der Waals surface area (Å²) in [5, 5.41) is 12.8. The third-order valence-electron chi connectivity index (χ3n) is 4.60. The highest BCUT2D eigenvalue weighted by molar-refractivity contribution is 5.16. The molecule has 0 saturated heterocycles. The standard InChI is InChI=1S/C23H34N2O2/c1-25(15-16-26)19-23(18-21-10-4-2-5-11-21)24-14-8-9-17-27-20-22-12-6-3-7-13-22/h2-7,10-13,23-24,26H,8-9,14-20H2,1H3. The first kappa shape index (κ1) is 21.6. The minimum atomic E-state index is 0.202. The van der Waals surface area contributed by atoms with E-state index in [1.807, 2.05) is 18.2 Å². The Labute approximate surface area is 164 Å². The number of hydrogen-bond donors (Lipinski definition) is 2. The Morgan fingerprint density at radius 2 is 1.63 bits per heavy atom. The second kappa shape index (κ2) is 13.4. The molecule has 0 fully saturated rings. The smallest absolute Gasteiger partial charge is 0.0716 e. The van der Waals surface area contributed by atoms with Crippen LogP contribution in [-0.2, 0) is 17.8 Å². The van der Waals surface area contributed by atoms with Gasteiger partial charge in [0.2, 0.25) is 0 Å². The number of hydrogen-bond acceptors (Lipinski definition) is 4. The molecule has 0 aromatic heterocycles. The van der Waals surface area contributed by atoms with Crippen molar-refractivity contribution in [2.45, 2.75) is 31.9 Å². The van der Waals surface area contributed by atoms with Gasteiger partial charge in [0.05, 0.1) is 13.2 Å². The van der Waals surface area contributed by atoms with Crippen LogP contribution in [0.15, 0.2) is 60.7 Å². The molecule has 2 aromatic carbocycles. The maximum Gasteiger partial charge on any atom is 0.0716 e. The second-order valence-corrected chi connectivity index (χ2v) is 7.07. The third kappa shape index (κ3) is 9.68. The molecule has 148 valence electrons. The van der Waals surface area contributed by atoms with Crippen LogP contribution in [0.2, 0.25) is 0 Å². The van der Waals surface area contributed by atoms with Crippen molar-refractivity contribution < 1.29 is 9.84 Å².